The molecule has 23 heteroatoms. The zero-order chi connectivity index (χ0) is 25.0. The third-order valence-electron chi connectivity index (χ3n) is 3.92. The van der Waals surface area contributed by atoms with Crippen LogP contribution in [0.3, 0.4) is 0 Å². The molecule has 6 atom stereocenters. The van der Waals surface area contributed by atoms with E-state index in [0.29, 0.717) is 0 Å². The van der Waals surface area contributed by atoms with Crippen molar-refractivity contribution in [3.63, 3.8) is 0 Å². The Morgan fingerprint density at radius 3 is 2.42 bits per heavy atom. The number of nitrogens with two attached hydrogens (primary N) is 2. The summed E-state index contributed by atoms with van der Waals surface area (Å²) in [5.41, 5.74) is 11.0. The van der Waals surface area contributed by atoms with Gasteiger partial charge < -0.3 is 40.9 Å². The summed E-state index contributed by atoms with van der Waals surface area (Å²) in [5, 5.41) is 7.09. The molecule has 0 aliphatic carbocycles. The summed E-state index contributed by atoms with van der Waals surface area (Å²) in [6, 6.07) is 0. The van der Waals surface area contributed by atoms with Crippen LogP contribution >= 0.6 is 35.1 Å². The molecule has 0 bridgehead atoms. The highest BCUT2D eigenvalue weighted by atomic mass is 35.5. The van der Waals surface area contributed by atoms with Crippen LogP contribution in [0.4, 0.5) is 16.2 Å². The molecule has 1 aliphatic heterocycles. The number of imidazole rings is 1. The van der Waals surface area contributed by atoms with Gasteiger partial charge in [0.25, 0.3) is 5.13 Å². The smallest absolute Gasteiger partial charge is 0.385 e. The van der Waals surface area contributed by atoms with E-state index < -0.39 is 53.6 Å². The molecule has 0 spiro atoms. The number of anilines is 2. The van der Waals surface area contributed by atoms with E-state index in [1.54, 1.807) is 0 Å². The third-order valence-corrected chi connectivity index (χ3v) is 8.13. The van der Waals surface area contributed by atoms with Gasteiger partial charge in [0.2, 0.25) is 5.95 Å². The van der Waals surface area contributed by atoms with Gasteiger partial charge in [0.15, 0.2) is 17.7 Å². The van der Waals surface area contributed by atoms with Gasteiger partial charge in [-0.05, 0) is 0 Å². The molecule has 0 amide bonds. The number of nitrogens with zero attached hydrogens (tertiary/aromatic N) is 4. The Labute approximate surface area is 186 Å². The third kappa shape index (κ3) is 5.86. The Balaban J connectivity index is 1.77. The fourth-order valence-electron chi connectivity index (χ4n) is 2.70. The maximum Gasteiger partial charge on any atom is 0.490 e. The average molecular weight is 559 g/mol. The number of hydrogen-bond acceptors (Lipinski definition) is 13. The lowest BCUT2D eigenvalue weighted by Gasteiger charge is -2.22. The summed E-state index contributed by atoms with van der Waals surface area (Å²) < 4.78 is 66.5. The number of aromatic nitrogens is 4. The molecular weight excluding hydrogens is 544 g/mol. The van der Waals surface area contributed by atoms with Crippen molar-refractivity contribution in [3.8, 4) is 0 Å². The van der Waals surface area contributed by atoms with Crippen LogP contribution in [-0.4, -0.2) is 68.1 Å². The lowest BCUT2D eigenvalue weighted by molar-refractivity contribution is -0.0473. The van der Waals surface area contributed by atoms with Crippen molar-refractivity contribution >= 4 is 58.0 Å². The first kappa shape index (κ1) is 26.3. The van der Waals surface area contributed by atoms with E-state index in [1.165, 1.54) is 0 Å². The highest BCUT2D eigenvalue weighted by molar-refractivity contribution is 7.66. The molecule has 3 rings (SSSR count). The number of halogens is 2. The molecule has 33 heavy (non-hydrogen) atoms. The van der Waals surface area contributed by atoms with Crippen LogP contribution in [0, 0.1) is 0 Å². The number of nitrogen functional groups attached to an aromatic ring is 2. The molecule has 0 radical (unpaired) electrons. The van der Waals surface area contributed by atoms with Gasteiger partial charge in [-0.2, -0.15) is 18.6 Å². The molecule has 2 aromatic rings. The number of ether oxygens (including phenoxy) is 1. The summed E-state index contributed by atoms with van der Waals surface area (Å²) in [6.45, 7) is -1.16. The van der Waals surface area contributed by atoms with Crippen molar-refractivity contribution < 1.29 is 60.6 Å². The van der Waals surface area contributed by atoms with E-state index >= 15 is 4.39 Å². The summed E-state index contributed by atoms with van der Waals surface area (Å²) in [6.07, 6.45) is -4.86. The molecule has 2 aromatic heterocycles. The van der Waals surface area contributed by atoms with Crippen molar-refractivity contribution in [1.29, 1.82) is 0 Å². The molecule has 18 nitrogen and oxygen atoms in total. The molecule has 0 saturated carbocycles. The standard InChI is InChI=1S/C10H15ClFN6O12P3/c11-10(12)5(19)3(1-27-32(23,24)30-33(25,26)29-31(20,21)22)28-8(10)18-2-15-4-6(13)16-9(14)17-7(4)18/h2-3,5,8,19H,1H2,(H,23,24)(H,25,26)(H2,20,21,22)(H4,13,14,16,17). The van der Waals surface area contributed by atoms with Crippen molar-refractivity contribution in [2.24, 2.45) is 0 Å². The first-order valence-corrected chi connectivity index (χ1v) is 13.1. The Bertz CT molecular complexity index is 1210. The average Bonchev–Trinajstić information content (AvgIpc) is 3.10. The number of fused-ring (bicyclic) bond motifs is 1. The lowest BCUT2D eigenvalue weighted by atomic mass is 10.1. The van der Waals surface area contributed by atoms with Crippen LogP contribution in [-0.2, 0) is 31.6 Å². The highest BCUT2D eigenvalue weighted by Crippen LogP contribution is 2.66. The molecule has 186 valence electrons. The van der Waals surface area contributed by atoms with Crippen molar-refractivity contribution in [1.82, 2.24) is 19.5 Å². The minimum Gasteiger partial charge on any atom is -0.385 e. The van der Waals surface area contributed by atoms with Gasteiger partial charge in [-0.3, -0.25) is 9.09 Å². The summed E-state index contributed by atoms with van der Waals surface area (Å²) >= 11 is 5.77. The fourth-order valence-corrected chi connectivity index (χ4v) is 6.03. The first-order chi connectivity index (χ1) is 14.9. The van der Waals surface area contributed by atoms with Gasteiger partial charge in [0.05, 0.1) is 12.9 Å². The summed E-state index contributed by atoms with van der Waals surface area (Å²) in [5.74, 6) is -0.457. The normalized spacial score (nSPS) is 29.7. The Hall–Kier alpha value is -1.30. The quantitative estimate of drug-likeness (QED) is 0.159. The van der Waals surface area contributed by atoms with Gasteiger partial charge >= 0.3 is 23.5 Å². The largest absolute Gasteiger partial charge is 0.490 e. The predicted octanol–water partition coefficient (Wildman–Crippen LogP) is -0.503. The molecule has 1 saturated heterocycles. The molecule has 9 N–H and O–H groups in total. The number of rotatable bonds is 8. The SMILES string of the molecule is Nc1nc(N)c2ncn(C3OC(COP(=O)(O)OP(=O)(O)OP(=O)(O)O)C(O)C3(F)Cl)c2n1. The minimum atomic E-state index is -5.78. The highest BCUT2D eigenvalue weighted by Gasteiger charge is 2.58. The zero-order valence-corrected chi connectivity index (χ0v) is 19.1. The van der Waals surface area contributed by atoms with Gasteiger partial charge in [-0.25, -0.2) is 23.1 Å². The Morgan fingerprint density at radius 2 is 1.82 bits per heavy atom. The molecular formula is C10H15ClFN6O12P3. The number of aliphatic hydroxyl groups excluding tert-OH is 1. The number of alkyl halides is 2. The van der Waals surface area contributed by atoms with E-state index in [1.807, 2.05) is 0 Å². The second-order valence-corrected chi connectivity index (χ2v) is 11.3. The van der Waals surface area contributed by atoms with Crippen LogP contribution in [0.15, 0.2) is 6.33 Å². The molecule has 1 aliphatic rings. The van der Waals surface area contributed by atoms with E-state index in [2.05, 4.69) is 28.1 Å². The zero-order valence-electron chi connectivity index (χ0n) is 15.7. The second kappa shape index (κ2) is 8.73. The van der Waals surface area contributed by atoms with Gasteiger partial charge in [-0.15, -0.1) is 0 Å². The van der Waals surface area contributed by atoms with E-state index in [-0.39, 0.29) is 22.9 Å². The molecule has 6 unspecified atom stereocenters. The Kier molecular flexibility index (Phi) is 6.96. The molecule has 3 heterocycles. The van der Waals surface area contributed by atoms with Crippen molar-refractivity contribution in [3.05, 3.63) is 6.33 Å². The van der Waals surface area contributed by atoms with Crippen LogP contribution in [0.2, 0.25) is 0 Å². The predicted molar refractivity (Wildman–Crippen MR) is 104 cm³/mol. The fraction of sp³-hybridized carbons (Fsp3) is 0.500. The lowest BCUT2D eigenvalue weighted by Crippen LogP contribution is -2.38. The second-order valence-electron chi connectivity index (χ2n) is 6.32. The van der Waals surface area contributed by atoms with Crippen LogP contribution in [0.1, 0.15) is 6.23 Å². The van der Waals surface area contributed by atoms with Gasteiger partial charge in [0.1, 0.15) is 17.7 Å². The summed E-state index contributed by atoms with van der Waals surface area (Å²) in [7, 11) is -16.9. The topological polar surface area (TPSA) is 285 Å². The number of phosphoric ester groups is 1. The Morgan fingerprint density at radius 1 is 1.18 bits per heavy atom. The van der Waals surface area contributed by atoms with Crippen LogP contribution in [0.25, 0.3) is 11.2 Å². The number of aliphatic hydroxyl groups is 1. The first-order valence-electron chi connectivity index (χ1n) is 8.17. The van der Waals surface area contributed by atoms with Crippen LogP contribution in [0.5, 0.6) is 0 Å². The van der Waals surface area contributed by atoms with E-state index in [4.69, 9.17) is 42.5 Å². The van der Waals surface area contributed by atoms with Crippen molar-refractivity contribution in [2.45, 2.75) is 23.6 Å². The molecule has 1 fully saturated rings. The maximum absolute atomic E-state index is 15.1. The van der Waals surface area contributed by atoms with E-state index in [9.17, 15) is 23.7 Å². The maximum atomic E-state index is 15.1. The monoisotopic (exact) mass is 558 g/mol. The molecule has 0 aromatic carbocycles. The minimum absolute atomic E-state index is 0.00790. The van der Waals surface area contributed by atoms with E-state index in [0.717, 1.165) is 10.9 Å². The summed E-state index contributed by atoms with van der Waals surface area (Å²) in [4.78, 5) is 47.0. The van der Waals surface area contributed by atoms with Gasteiger partial charge in [-0.1, -0.05) is 11.6 Å². The van der Waals surface area contributed by atoms with Crippen LogP contribution < -0.4 is 11.5 Å². The van der Waals surface area contributed by atoms with Gasteiger partial charge in [0, 0.05) is 0 Å². The number of hydrogen-bond donors (Lipinski definition) is 7. The number of phosphoric acid groups is 3. The van der Waals surface area contributed by atoms with Crippen molar-refractivity contribution in [2.75, 3.05) is 18.1 Å².